The van der Waals surface area contributed by atoms with E-state index in [1.807, 2.05) is 0 Å². The van der Waals surface area contributed by atoms with Crippen LogP contribution in [0.3, 0.4) is 0 Å². The van der Waals surface area contributed by atoms with Crippen molar-refractivity contribution >= 4 is 41.2 Å². The summed E-state index contributed by atoms with van der Waals surface area (Å²) in [6, 6.07) is 16.4. The Morgan fingerprint density at radius 2 is 1.22 bits per heavy atom. The second kappa shape index (κ2) is 14.0. The lowest BCUT2D eigenvalue weighted by atomic mass is 9.97. The number of hydrogen-bond donors (Lipinski definition) is 5. The van der Waals surface area contributed by atoms with Gasteiger partial charge in [-0.2, -0.15) is 0 Å². The van der Waals surface area contributed by atoms with E-state index in [0.717, 1.165) is 9.80 Å². The van der Waals surface area contributed by atoms with Crippen LogP contribution in [0, 0.1) is 6.92 Å². The molecule has 0 spiro atoms. The average molecular weight is 631 g/mol. The Morgan fingerprint density at radius 1 is 0.696 bits per heavy atom. The molecule has 1 aromatic carbocycles. The summed E-state index contributed by atoms with van der Waals surface area (Å²) in [4.78, 5) is 62.1. The van der Waals surface area contributed by atoms with Crippen LogP contribution < -0.4 is 20.3 Å². The molecule has 46 heavy (non-hydrogen) atoms. The summed E-state index contributed by atoms with van der Waals surface area (Å²) in [5, 5.41) is 37.6. The fraction of sp³-hybridized carbons (Fsp3) is 0.194. The molecule has 0 unspecified atom stereocenters. The van der Waals surface area contributed by atoms with E-state index in [4.69, 9.17) is 15.5 Å². The number of methoxy groups -OCH3 is 1. The fourth-order valence-corrected chi connectivity index (χ4v) is 4.75. The molecule has 0 fully saturated rings. The monoisotopic (exact) mass is 630 g/mol. The summed E-state index contributed by atoms with van der Waals surface area (Å²) >= 11 is 0. The van der Waals surface area contributed by atoms with Gasteiger partial charge < -0.3 is 40.7 Å². The van der Waals surface area contributed by atoms with Crippen LogP contribution in [-0.2, 0) is 19.2 Å². The Morgan fingerprint density at radius 3 is 1.76 bits per heavy atom. The van der Waals surface area contributed by atoms with Crippen LogP contribution in [-0.4, -0.2) is 92.5 Å². The van der Waals surface area contributed by atoms with Gasteiger partial charge in [-0.05, 0) is 66.1 Å². The van der Waals surface area contributed by atoms with E-state index in [0.29, 0.717) is 50.9 Å². The van der Waals surface area contributed by atoms with Crippen LogP contribution >= 0.6 is 0 Å². The highest BCUT2D eigenvalue weighted by Gasteiger charge is 2.22. The Balaban J connectivity index is 1.88. The first-order chi connectivity index (χ1) is 21.9. The summed E-state index contributed by atoms with van der Waals surface area (Å²) in [5.74, 6) is -4.35. The van der Waals surface area contributed by atoms with Crippen molar-refractivity contribution in [1.29, 1.82) is 0 Å². The van der Waals surface area contributed by atoms with Crippen molar-refractivity contribution in [1.82, 2.24) is 15.0 Å². The Kier molecular flexibility index (Phi) is 9.96. The number of carboxylic acid groups (broad SMARTS) is 4. The lowest BCUT2D eigenvalue weighted by molar-refractivity contribution is -0.138. The smallest absolute Gasteiger partial charge is 0.323 e. The van der Waals surface area contributed by atoms with Gasteiger partial charge in [0.15, 0.2) is 0 Å². The molecule has 0 saturated heterocycles. The predicted octanol–water partition coefficient (Wildman–Crippen LogP) is 2.72. The molecule has 3 heterocycles. The largest absolute Gasteiger partial charge is 0.495 e. The van der Waals surface area contributed by atoms with E-state index in [1.54, 1.807) is 61.5 Å². The molecule has 0 aliphatic rings. The topological polar surface area (TPSA) is 230 Å². The van der Waals surface area contributed by atoms with Gasteiger partial charge in [-0.1, -0.05) is 18.2 Å². The summed E-state index contributed by atoms with van der Waals surface area (Å²) in [5.41, 5.74) is 9.68. The van der Waals surface area contributed by atoms with Crippen molar-refractivity contribution in [2.24, 2.45) is 0 Å². The van der Waals surface area contributed by atoms with Gasteiger partial charge in [-0.25, -0.2) is 15.0 Å². The van der Waals surface area contributed by atoms with Gasteiger partial charge in [0.1, 0.15) is 43.6 Å². The van der Waals surface area contributed by atoms with Crippen LogP contribution in [0.25, 0.3) is 33.9 Å². The summed E-state index contributed by atoms with van der Waals surface area (Å²) in [7, 11) is 1.48. The zero-order chi connectivity index (χ0) is 33.5. The Hall–Kier alpha value is -6.25. The number of nitrogens with zero attached hydrogens (tertiary/aromatic N) is 5. The zero-order valence-corrected chi connectivity index (χ0v) is 24.7. The molecule has 0 aliphatic carbocycles. The molecule has 0 saturated carbocycles. The number of hydrogen-bond acceptors (Lipinski definition) is 11. The number of nitrogen functional groups attached to an aromatic ring is 1. The van der Waals surface area contributed by atoms with Gasteiger partial charge in [0.25, 0.3) is 0 Å². The van der Waals surface area contributed by atoms with Gasteiger partial charge in [0, 0.05) is 0 Å². The highest BCUT2D eigenvalue weighted by atomic mass is 16.5. The van der Waals surface area contributed by atoms with Crippen molar-refractivity contribution in [3.63, 3.8) is 0 Å². The van der Waals surface area contributed by atoms with E-state index in [1.165, 1.54) is 13.2 Å². The lowest BCUT2D eigenvalue weighted by Gasteiger charge is -2.23. The number of carboxylic acids is 4. The van der Waals surface area contributed by atoms with E-state index in [9.17, 15) is 39.6 Å². The molecule has 0 aliphatic heterocycles. The number of rotatable bonds is 14. The van der Waals surface area contributed by atoms with Gasteiger partial charge in [-0.15, -0.1) is 0 Å². The van der Waals surface area contributed by atoms with Crippen LogP contribution in [0.2, 0.25) is 0 Å². The van der Waals surface area contributed by atoms with Gasteiger partial charge in [0.2, 0.25) is 0 Å². The number of nitrogens with two attached hydrogens (primary N) is 1. The van der Waals surface area contributed by atoms with Crippen molar-refractivity contribution in [3.8, 4) is 39.7 Å². The third kappa shape index (κ3) is 7.82. The molecule has 3 aromatic heterocycles. The molecule has 4 rings (SSSR count). The maximum atomic E-state index is 11.7. The standard InChI is InChI=1S/C31H30N6O9/c1-17-19(18-9-10-24(46-2)20(32)11-18)12-26(37(15-29(42)43)16-30(44)45)35-31(17)23-7-3-5-21(33-23)22-6-4-8-25(34-22)36(13-27(38)39)14-28(40)41/h3-12H,13-16,32H2,1-2H3,(H,38,39)(H,40,41)(H,42,43)(H,44,45). The normalized spacial score (nSPS) is 10.7. The fourth-order valence-electron chi connectivity index (χ4n) is 4.75. The van der Waals surface area contributed by atoms with Crippen LogP contribution in [0.5, 0.6) is 5.75 Å². The molecule has 6 N–H and O–H groups in total. The first-order valence-corrected chi connectivity index (χ1v) is 13.6. The highest BCUT2D eigenvalue weighted by molar-refractivity contribution is 5.84. The summed E-state index contributed by atoms with van der Waals surface area (Å²) in [6.45, 7) is -0.676. The molecular weight excluding hydrogens is 600 g/mol. The molecular formula is C31H30N6O9. The minimum Gasteiger partial charge on any atom is -0.495 e. The number of pyridine rings is 3. The first kappa shape index (κ1) is 32.7. The quantitative estimate of drug-likeness (QED) is 0.126. The van der Waals surface area contributed by atoms with Crippen molar-refractivity contribution in [3.05, 3.63) is 66.2 Å². The van der Waals surface area contributed by atoms with Crippen LogP contribution in [0.1, 0.15) is 5.56 Å². The second-order valence-corrected chi connectivity index (χ2v) is 10.0. The van der Waals surface area contributed by atoms with E-state index >= 15 is 0 Å². The predicted molar refractivity (Wildman–Crippen MR) is 167 cm³/mol. The molecule has 15 nitrogen and oxygen atoms in total. The first-order valence-electron chi connectivity index (χ1n) is 13.6. The number of aromatic nitrogens is 3. The average Bonchev–Trinajstić information content (AvgIpc) is 2.99. The maximum Gasteiger partial charge on any atom is 0.323 e. The van der Waals surface area contributed by atoms with E-state index < -0.39 is 50.1 Å². The molecule has 15 heteroatoms. The highest BCUT2D eigenvalue weighted by Crippen LogP contribution is 2.36. The van der Waals surface area contributed by atoms with Crippen molar-refractivity contribution < 1.29 is 44.3 Å². The molecule has 0 bridgehead atoms. The number of anilines is 3. The number of benzene rings is 1. The van der Waals surface area contributed by atoms with E-state index in [-0.39, 0.29) is 11.6 Å². The minimum absolute atomic E-state index is 0.0695. The number of aliphatic carboxylic acids is 4. The molecule has 0 radical (unpaired) electrons. The second-order valence-electron chi connectivity index (χ2n) is 10.0. The third-order valence-corrected chi connectivity index (χ3v) is 6.74. The van der Waals surface area contributed by atoms with Crippen LogP contribution in [0.15, 0.2) is 60.7 Å². The van der Waals surface area contributed by atoms with Crippen molar-refractivity contribution in [2.45, 2.75) is 6.92 Å². The summed E-state index contributed by atoms with van der Waals surface area (Å²) < 4.78 is 5.27. The number of carbonyl (C=O) groups is 4. The Bertz CT molecular complexity index is 1780. The summed E-state index contributed by atoms with van der Waals surface area (Å²) in [6.07, 6.45) is 0. The molecule has 4 aromatic rings. The van der Waals surface area contributed by atoms with Crippen LogP contribution in [0.4, 0.5) is 17.3 Å². The number of ether oxygens (including phenoxy) is 1. The molecule has 0 atom stereocenters. The minimum atomic E-state index is -1.26. The lowest BCUT2D eigenvalue weighted by Crippen LogP contribution is -2.35. The Labute approximate surface area is 262 Å². The zero-order valence-electron chi connectivity index (χ0n) is 24.7. The molecule has 0 amide bonds. The van der Waals surface area contributed by atoms with Gasteiger partial charge in [-0.3, -0.25) is 19.2 Å². The SMILES string of the molecule is COc1ccc(-c2cc(N(CC(=O)O)CC(=O)O)nc(-c3cccc(-c4cccc(N(CC(=O)O)CC(=O)O)n4)n3)c2C)cc1N. The molecule has 238 valence electrons. The van der Waals surface area contributed by atoms with Gasteiger partial charge in [0.05, 0.1) is 35.6 Å². The van der Waals surface area contributed by atoms with Gasteiger partial charge >= 0.3 is 23.9 Å². The van der Waals surface area contributed by atoms with Crippen molar-refractivity contribution in [2.75, 3.05) is 48.8 Å². The van der Waals surface area contributed by atoms with E-state index in [2.05, 4.69) is 9.97 Å². The third-order valence-electron chi connectivity index (χ3n) is 6.74. The maximum absolute atomic E-state index is 11.7.